The van der Waals surface area contributed by atoms with Gasteiger partial charge in [0.15, 0.2) is 0 Å². The Morgan fingerprint density at radius 3 is 2.30 bits per heavy atom. The number of hydrogen-bond acceptors (Lipinski definition) is 1. The van der Waals surface area contributed by atoms with Crippen molar-refractivity contribution < 1.29 is 4.79 Å². The Labute approximate surface area is 63.1 Å². The first-order valence-electron chi connectivity index (χ1n) is 3.84. The minimum Gasteiger partial charge on any atom is -0.303 e. The number of aldehydes is 1. The van der Waals surface area contributed by atoms with Gasteiger partial charge in [-0.25, -0.2) is 0 Å². The second-order valence-electron chi connectivity index (χ2n) is 2.77. The molecule has 10 heavy (non-hydrogen) atoms. The van der Waals surface area contributed by atoms with E-state index in [0.717, 1.165) is 12.7 Å². The van der Waals surface area contributed by atoms with E-state index in [2.05, 4.69) is 19.9 Å². The van der Waals surface area contributed by atoms with E-state index in [9.17, 15) is 4.79 Å². The van der Waals surface area contributed by atoms with Crippen molar-refractivity contribution in [2.45, 2.75) is 27.2 Å². The molecule has 0 amide bonds. The molecule has 1 nitrogen and oxygen atoms in total. The maximum absolute atomic E-state index is 10.2. The molecule has 0 saturated heterocycles. The second-order valence-corrected chi connectivity index (χ2v) is 2.77. The summed E-state index contributed by atoms with van der Waals surface area (Å²) in [5, 5.41) is 0. The summed E-state index contributed by atoms with van der Waals surface area (Å²) in [5.74, 6) is 0.677. The van der Waals surface area contributed by atoms with Gasteiger partial charge in [-0.05, 0) is 5.92 Å². The van der Waals surface area contributed by atoms with Gasteiger partial charge in [-0.15, -0.1) is 0 Å². The molecule has 0 fully saturated rings. The molecule has 0 N–H and O–H groups in total. The summed E-state index contributed by atoms with van der Waals surface area (Å²) in [5.41, 5.74) is 0. The van der Waals surface area contributed by atoms with Crippen molar-refractivity contribution in [3.8, 4) is 0 Å². The van der Waals surface area contributed by atoms with Crippen molar-refractivity contribution >= 4 is 6.29 Å². The van der Waals surface area contributed by atoms with Gasteiger partial charge in [0.2, 0.25) is 0 Å². The van der Waals surface area contributed by atoms with Crippen molar-refractivity contribution in [2.75, 3.05) is 0 Å². The molecule has 58 valence electrons. The van der Waals surface area contributed by atoms with Crippen LogP contribution in [0.4, 0.5) is 0 Å². The highest BCUT2D eigenvalue weighted by molar-refractivity contribution is 5.55. The van der Waals surface area contributed by atoms with Crippen molar-refractivity contribution in [2.24, 2.45) is 11.8 Å². The quantitative estimate of drug-likeness (QED) is 0.433. The minimum atomic E-state index is 0.0778. The topological polar surface area (TPSA) is 17.1 Å². The van der Waals surface area contributed by atoms with Gasteiger partial charge in [0.05, 0.1) is 0 Å². The molecular formula is C9H16O. The molecule has 0 spiro atoms. The molecule has 1 heteroatoms. The van der Waals surface area contributed by atoms with Crippen LogP contribution in [0.15, 0.2) is 12.2 Å². The lowest BCUT2D eigenvalue weighted by atomic mass is 10.1. The maximum Gasteiger partial charge on any atom is 0.126 e. The number of hydrogen-bond donors (Lipinski definition) is 0. The second kappa shape index (κ2) is 5.21. The SMILES string of the molecule is CCC(C)C=CC(C)C=O. The third kappa shape index (κ3) is 4.30. The fourth-order valence-corrected chi connectivity index (χ4v) is 0.546. The zero-order chi connectivity index (χ0) is 7.98. The summed E-state index contributed by atoms with van der Waals surface area (Å²) in [6.45, 7) is 6.18. The zero-order valence-electron chi connectivity index (χ0n) is 7.00. The van der Waals surface area contributed by atoms with Crippen LogP contribution in [-0.4, -0.2) is 6.29 Å². The summed E-state index contributed by atoms with van der Waals surface area (Å²) >= 11 is 0. The van der Waals surface area contributed by atoms with E-state index in [1.165, 1.54) is 0 Å². The lowest BCUT2D eigenvalue weighted by molar-refractivity contribution is -0.109. The third-order valence-electron chi connectivity index (χ3n) is 1.60. The first-order chi connectivity index (χ1) is 4.70. The highest BCUT2D eigenvalue weighted by Gasteiger charge is 1.93. The standard InChI is InChI=1S/C9H16O/c1-4-8(2)5-6-9(3)7-10/h5-9H,4H2,1-3H3. The largest absolute Gasteiger partial charge is 0.303 e. The van der Waals surface area contributed by atoms with E-state index in [1.807, 2.05) is 13.0 Å². The Bertz CT molecular complexity index is 116. The highest BCUT2D eigenvalue weighted by Crippen LogP contribution is 2.03. The van der Waals surface area contributed by atoms with E-state index < -0.39 is 0 Å². The Kier molecular flexibility index (Phi) is 4.91. The highest BCUT2D eigenvalue weighted by atomic mass is 16.1. The average molecular weight is 140 g/mol. The van der Waals surface area contributed by atoms with Crippen LogP contribution < -0.4 is 0 Å². The number of carbonyl (C=O) groups is 1. The van der Waals surface area contributed by atoms with E-state index in [0.29, 0.717) is 5.92 Å². The molecule has 0 aromatic heterocycles. The van der Waals surface area contributed by atoms with Crippen LogP contribution in [0.25, 0.3) is 0 Å². The van der Waals surface area contributed by atoms with Gasteiger partial charge >= 0.3 is 0 Å². The van der Waals surface area contributed by atoms with Gasteiger partial charge in [-0.2, -0.15) is 0 Å². The number of allylic oxidation sites excluding steroid dienone is 2. The monoisotopic (exact) mass is 140 g/mol. The molecule has 0 radical (unpaired) electrons. The van der Waals surface area contributed by atoms with Gasteiger partial charge in [0, 0.05) is 5.92 Å². The Morgan fingerprint density at radius 1 is 1.30 bits per heavy atom. The average Bonchev–Trinajstić information content (AvgIpc) is 1.99. The van der Waals surface area contributed by atoms with E-state index in [-0.39, 0.29) is 5.92 Å². The fraction of sp³-hybridized carbons (Fsp3) is 0.667. The van der Waals surface area contributed by atoms with Crippen LogP contribution in [0.1, 0.15) is 27.2 Å². The molecule has 0 heterocycles. The lowest BCUT2D eigenvalue weighted by Gasteiger charge is -1.99. The van der Waals surface area contributed by atoms with Crippen LogP contribution in [-0.2, 0) is 4.79 Å². The van der Waals surface area contributed by atoms with Crippen molar-refractivity contribution in [1.82, 2.24) is 0 Å². The first-order valence-corrected chi connectivity index (χ1v) is 3.84. The molecule has 0 aliphatic carbocycles. The van der Waals surface area contributed by atoms with Crippen LogP contribution in [0.3, 0.4) is 0 Å². The summed E-state index contributed by atoms with van der Waals surface area (Å²) in [6.07, 6.45) is 6.15. The molecule has 0 aliphatic rings. The molecular weight excluding hydrogens is 124 g/mol. The lowest BCUT2D eigenvalue weighted by Crippen LogP contribution is -1.91. The number of carbonyl (C=O) groups excluding carboxylic acids is 1. The summed E-state index contributed by atoms with van der Waals surface area (Å²) in [7, 11) is 0. The van der Waals surface area contributed by atoms with Crippen LogP contribution in [0.5, 0.6) is 0 Å². The summed E-state index contributed by atoms with van der Waals surface area (Å²) in [6, 6.07) is 0. The van der Waals surface area contributed by atoms with E-state index in [4.69, 9.17) is 0 Å². The maximum atomic E-state index is 10.2. The van der Waals surface area contributed by atoms with Crippen molar-refractivity contribution in [3.05, 3.63) is 12.2 Å². The molecule has 0 aromatic carbocycles. The molecule has 2 unspecified atom stereocenters. The minimum absolute atomic E-state index is 0.0778. The molecule has 0 aromatic rings. The molecule has 0 rings (SSSR count). The van der Waals surface area contributed by atoms with Crippen molar-refractivity contribution in [3.63, 3.8) is 0 Å². The smallest absolute Gasteiger partial charge is 0.126 e. The van der Waals surface area contributed by atoms with Crippen molar-refractivity contribution in [1.29, 1.82) is 0 Å². The Balaban J connectivity index is 3.62. The third-order valence-corrected chi connectivity index (χ3v) is 1.60. The van der Waals surface area contributed by atoms with E-state index >= 15 is 0 Å². The molecule has 0 aliphatic heterocycles. The fourth-order valence-electron chi connectivity index (χ4n) is 0.546. The van der Waals surface area contributed by atoms with Gasteiger partial charge in [0.25, 0.3) is 0 Å². The van der Waals surface area contributed by atoms with Gasteiger partial charge in [0.1, 0.15) is 6.29 Å². The number of rotatable bonds is 4. The Morgan fingerprint density at radius 2 is 1.90 bits per heavy atom. The Hall–Kier alpha value is -0.590. The normalized spacial score (nSPS) is 17.1. The van der Waals surface area contributed by atoms with Gasteiger partial charge in [-0.1, -0.05) is 39.3 Å². The summed E-state index contributed by atoms with van der Waals surface area (Å²) in [4.78, 5) is 10.2. The first kappa shape index (κ1) is 9.41. The predicted molar refractivity (Wildman–Crippen MR) is 43.8 cm³/mol. The van der Waals surface area contributed by atoms with Gasteiger partial charge < -0.3 is 4.79 Å². The van der Waals surface area contributed by atoms with Crippen LogP contribution in [0, 0.1) is 11.8 Å². The molecule has 0 bridgehead atoms. The van der Waals surface area contributed by atoms with Gasteiger partial charge in [-0.3, -0.25) is 0 Å². The summed E-state index contributed by atoms with van der Waals surface area (Å²) < 4.78 is 0. The zero-order valence-corrected chi connectivity index (χ0v) is 7.00. The van der Waals surface area contributed by atoms with Crippen LogP contribution >= 0.6 is 0 Å². The molecule has 2 atom stereocenters. The molecule has 0 saturated carbocycles. The predicted octanol–water partition coefficient (Wildman–Crippen LogP) is 2.42. The van der Waals surface area contributed by atoms with Crippen LogP contribution in [0.2, 0.25) is 0 Å². The van der Waals surface area contributed by atoms with E-state index in [1.54, 1.807) is 0 Å².